The van der Waals surface area contributed by atoms with Gasteiger partial charge in [-0.2, -0.15) is 0 Å². The molecule has 1 atom stereocenters. The Bertz CT molecular complexity index is 443. The van der Waals surface area contributed by atoms with Gasteiger partial charge in [0.15, 0.2) is 6.23 Å². The molecule has 0 saturated heterocycles. The Labute approximate surface area is 92.2 Å². The fourth-order valence-corrected chi connectivity index (χ4v) is 1.71. The minimum atomic E-state index is -1.07. The summed E-state index contributed by atoms with van der Waals surface area (Å²) in [6, 6.07) is 6.73. The van der Waals surface area contributed by atoms with Gasteiger partial charge in [-0.05, 0) is 6.07 Å². The molecule has 0 radical (unpaired) electrons. The molecule has 0 fully saturated rings. The molecule has 1 aliphatic rings. The third-order valence-electron chi connectivity index (χ3n) is 2.55. The number of carbonyl (C=O) groups is 2. The molecule has 5 heteroatoms. The van der Waals surface area contributed by atoms with Crippen molar-refractivity contribution in [3.05, 3.63) is 35.4 Å². The van der Waals surface area contributed by atoms with Crippen molar-refractivity contribution in [3.8, 4) is 0 Å². The minimum absolute atomic E-state index is 0.245. The normalized spacial score (nSPS) is 18.5. The molecular formula is C11H11NO4. The highest BCUT2D eigenvalue weighted by atomic mass is 16.5. The van der Waals surface area contributed by atoms with Crippen molar-refractivity contribution >= 4 is 11.9 Å². The fourth-order valence-electron chi connectivity index (χ4n) is 1.71. The number of hydrogen-bond donors (Lipinski definition) is 1. The molecule has 1 N–H and O–H groups in total. The van der Waals surface area contributed by atoms with Crippen LogP contribution in [0.4, 0.5) is 0 Å². The predicted octanol–water partition coefficient (Wildman–Crippen LogP) is 0.306. The third kappa shape index (κ3) is 1.55. The lowest BCUT2D eigenvalue weighted by molar-refractivity contribution is -0.143. The summed E-state index contributed by atoms with van der Waals surface area (Å²) in [5.41, 5.74) is 0.954. The summed E-state index contributed by atoms with van der Waals surface area (Å²) in [4.78, 5) is 24.0. The van der Waals surface area contributed by atoms with Crippen LogP contribution in [0.1, 0.15) is 22.1 Å². The first kappa shape index (κ1) is 10.6. The first-order valence-electron chi connectivity index (χ1n) is 4.80. The van der Waals surface area contributed by atoms with Crippen molar-refractivity contribution in [3.63, 3.8) is 0 Å². The van der Waals surface area contributed by atoms with E-state index in [9.17, 15) is 14.7 Å². The standard InChI is InChI=1S/C11H11NO4/c1-16-9(13)6-12-10(14)7-4-2-3-5-8(7)11(12)15/h2-5,10,14H,6H2,1H3. The highest BCUT2D eigenvalue weighted by molar-refractivity contribution is 6.00. The Hall–Kier alpha value is -1.88. The van der Waals surface area contributed by atoms with Crippen LogP contribution in [0, 0.1) is 0 Å². The highest BCUT2D eigenvalue weighted by Crippen LogP contribution is 2.30. The first-order chi connectivity index (χ1) is 7.65. The molecule has 2 rings (SSSR count). The van der Waals surface area contributed by atoms with E-state index in [1.165, 1.54) is 7.11 Å². The molecule has 1 aromatic carbocycles. The number of fused-ring (bicyclic) bond motifs is 1. The summed E-state index contributed by atoms with van der Waals surface area (Å²) in [6.07, 6.45) is -1.07. The van der Waals surface area contributed by atoms with Crippen molar-refractivity contribution in [1.82, 2.24) is 4.90 Å². The lowest BCUT2D eigenvalue weighted by Gasteiger charge is -2.18. The van der Waals surface area contributed by atoms with Crippen molar-refractivity contribution in [2.24, 2.45) is 0 Å². The summed E-state index contributed by atoms with van der Waals surface area (Å²) in [5, 5.41) is 9.85. The number of aliphatic hydroxyl groups excluding tert-OH is 1. The van der Waals surface area contributed by atoms with Gasteiger partial charge < -0.3 is 9.84 Å². The summed E-state index contributed by atoms with van der Waals surface area (Å²) in [6.45, 7) is -0.245. The summed E-state index contributed by atoms with van der Waals surface area (Å²) in [7, 11) is 1.24. The maximum absolute atomic E-state index is 11.8. The van der Waals surface area contributed by atoms with Crippen LogP contribution >= 0.6 is 0 Å². The van der Waals surface area contributed by atoms with Crippen LogP contribution in [0.3, 0.4) is 0 Å². The van der Waals surface area contributed by atoms with E-state index in [2.05, 4.69) is 4.74 Å². The molecule has 1 aliphatic heterocycles. The lowest BCUT2D eigenvalue weighted by atomic mass is 10.1. The van der Waals surface area contributed by atoms with Crippen LogP contribution in [0.5, 0.6) is 0 Å². The molecule has 5 nitrogen and oxygen atoms in total. The van der Waals surface area contributed by atoms with E-state index in [1.807, 2.05) is 0 Å². The molecule has 0 aliphatic carbocycles. The topological polar surface area (TPSA) is 66.8 Å². The van der Waals surface area contributed by atoms with E-state index in [0.717, 1.165) is 4.90 Å². The maximum Gasteiger partial charge on any atom is 0.325 e. The molecule has 84 valence electrons. The van der Waals surface area contributed by atoms with Crippen LogP contribution < -0.4 is 0 Å². The predicted molar refractivity (Wildman–Crippen MR) is 54.5 cm³/mol. The number of carbonyl (C=O) groups excluding carboxylic acids is 2. The van der Waals surface area contributed by atoms with Gasteiger partial charge in [0.1, 0.15) is 6.54 Å². The number of rotatable bonds is 2. The van der Waals surface area contributed by atoms with Crippen molar-refractivity contribution in [2.45, 2.75) is 6.23 Å². The number of nitrogens with zero attached hydrogens (tertiary/aromatic N) is 1. The van der Waals surface area contributed by atoms with Gasteiger partial charge in [0.25, 0.3) is 5.91 Å². The number of amides is 1. The Balaban J connectivity index is 2.28. The summed E-state index contributed by atoms with van der Waals surface area (Å²) >= 11 is 0. The summed E-state index contributed by atoms with van der Waals surface area (Å²) < 4.78 is 4.46. The number of benzene rings is 1. The second kappa shape index (κ2) is 3.94. The van der Waals surface area contributed by atoms with Crippen LogP contribution in [0.15, 0.2) is 24.3 Å². The van der Waals surface area contributed by atoms with E-state index in [-0.39, 0.29) is 12.5 Å². The average Bonchev–Trinajstić information content (AvgIpc) is 2.55. The van der Waals surface area contributed by atoms with E-state index < -0.39 is 12.2 Å². The number of ether oxygens (including phenoxy) is 1. The zero-order chi connectivity index (χ0) is 11.7. The fraction of sp³-hybridized carbons (Fsp3) is 0.273. The number of aliphatic hydroxyl groups is 1. The van der Waals surface area contributed by atoms with Gasteiger partial charge in [-0.15, -0.1) is 0 Å². The molecule has 1 amide bonds. The van der Waals surface area contributed by atoms with E-state index in [0.29, 0.717) is 11.1 Å². The molecular weight excluding hydrogens is 210 g/mol. The van der Waals surface area contributed by atoms with Crippen molar-refractivity contribution in [2.75, 3.05) is 13.7 Å². The zero-order valence-electron chi connectivity index (χ0n) is 8.71. The minimum Gasteiger partial charge on any atom is -0.468 e. The van der Waals surface area contributed by atoms with E-state index in [4.69, 9.17) is 0 Å². The Kier molecular flexibility index (Phi) is 2.62. The van der Waals surface area contributed by atoms with Gasteiger partial charge in [-0.1, -0.05) is 18.2 Å². The number of hydrogen-bond acceptors (Lipinski definition) is 4. The monoisotopic (exact) mass is 221 g/mol. The van der Waals surface area contributed by atoms with E-state index in [1.54, 1.807) is 24.3 Å². The average molecular weight is 221 g/mol. The second-order valence-corrected chi connectivity index (χ2v) is 3.47. The summed E-state index contributed by atoms with van der Waals surface area (Å²) in [5.74, 6) is -0.909. The molecule has 1 unspecified atom stereocenters. The van der Waals surface area contributed by atoms with Crippen LogP contribution in [0.2, 0.25) is 0 Å². The van der Waals surface area contributed by atoms with Gasteiger partial charge in [-0.3, -0.25) is 14.5 Å². The van der Waals surface area contributed by atoms with Crippen molar-refractivity contribution in [1.29, 1.82) is 0 Å². The maximum atomic E-state index is 11.8. The smallest absolute Gasteiger partial charge is 0.325 e. The molecule has 0 aromatic heterocycles. The highest BCUT2D eigenvalue weighted by Gasteiger charge is 2.36. The quantitative estimate of drug-likeness (QED) is 0.730. The van der Waals surface area contributed by atoms with Crippen molar-refractivity contribution < 1.29 is 19.4 Å². The Morgan fingerprint density at radius 3 is 2.81 bits per heavy atom. The second-order valence-electron chi connectivity index (χ2n) is 3.47. The van der Waals surface area contributed by atoms with Gasteiger partial charge in [0.05, 0.1) is 7.11 Å². The molecule has 16 heavy (non-hydrogen) atoms. The first-order valence-corrected chi connectivity index (χ1v) is 4.80. The molecule has 0 saturated carbocycles. The lowest BCUT2D eigenvalue weighted by Crippen LogP contribution is -2.33. The Morgan fingerprint density at radius 1 is 1.50 bits per heavy atom. The van der Waals surface area contributed by atoms with Gasteiger partial charge >= 0.3 is 5.97 Å². The number of esters is 1. The van der Waals surface area contributed by atoms with Gasteiger partial charge in [-0.25, -0.2) is 0 Å². The van der Waals surface area contributed by atoms with Crippen LogP contribution in [0.25, 0.3) is 0 Å². The molecule has 0 bridgehead atoms. The SMILES string of the molecule is COC(=O)CN1C(=O)c2ccccc2C1O. The molecule has 1 aromatic rings. The van der Waals surface area contributed by atoms with Crippen LogP contribution in [-0.2, 0) is 9.53 Å². The Morgan fingerprint density at radius 2 is 2.19 bits per heavy atom. The largest absolute Gasteiger partial charge is 0.468 e. The zero-order valence-corrected chi connectivity index (χ0v) is 8.71. The van der Waals surface area contributed by atoms with Gasteiger partial charge in [0, 0.05) is 11.1 Å². The molecule has 1 heterocycles. The molecule has 0 spiro atoms. The number of methoxy groups -OCH3 is 1. The van der Waals surface area contributed by atoms with Crippen LogP contribution in [-0.4, -0.2) is 35.5 Å². The van der Waals surface area contributed by atoms with E-state index >= 15 is 0 Å². The van der Waals surface area contributed by atoms with Gasteiger partial charge in [0.2, 0.25) is 0 Å². The third-order valence-corrected chi connectivity index (χ3v) is 2.55.